The van der Waals surface area contributed by atoms with Crippen molar-refractivity contribution in [1.29, 1.82) is 0 Å². The van der Waals surface area contributed by atoms with E-state index in [1.807, 2.05) is 0 Å². The summed E-state index contributed by atoms with van der Waals surface area (Å²) in [4.78, 5) is 20.1. The van der Waals surface area contributed by atoms with Gasteiger partial charge in [-0.2, -0.15) is 0 Å². The number of nitrogens with zero attached hydrogens (tertiary/aromatic N) is 2. The Morgan fingerprint density at radius 2 is 2.26 bits per heavy atom. The summed E-state index contributed by atoms with van der Waals surface area (Å²) in [5, 5.41) is 2.66. The van der Waals surface area contributed by atoms with E-state index in [0.29, 0.717) is 21.5 Å². The molecule has 6 nitrogen and oxygen atoms in total. The molecular weight excluding hydrogens is 312 g/mol. The first-order valence-corrected chi connectivity index (χ1v) is 6.12. The fourth-order valence-electron chi connectivity index (χ4n) is 1.45. The van der Waals surface area contributed by atoms with Gasteiger partial charge in [0.05, 0.1) is 23.5 Å². The van der Waals surface area contributed by atoms with Crippen molar-refractivity contribution in [1.82, 2.24) is 9.97 Å². The van der Waals surface area contributed by atoms with Crippen molar-refractivity contribution in [2.24, 2.45) is 0 Å². The second kappa shape index (κ2) is 5.66. The third-order valence-electron chi connectivity index (χ3n) is 2.30. The average Bonchev–Trinajstić information content (AvgIpc) is 2.41. The van der Waals surface area contributed by atoms with Gasteiger partial charge in [0.15, 0.2) is 0 Å². The molecule has 0 aliphatic carbocycles. The van der Waals surface area contributed by atoms with Crippen LogP contribution in [0.5, 0.6) is 5.88 Å². The Morgan fingerprint density at radius 3 is 2.95 bits per heavy atom. The molecule has 2 rings (SSSR count). The van der Waals surface area contributed by atoms with Crippen LogP contribution in [-0.4, -0.2) is 23.0 Å². The molecule has 0 aliphatic rings. The van der Waals surface area contributed by atoms with Crippen molar-refractivity contribution < 1.29 is 9.53 Å². The SMILES string of the molecule is COc1ncccc1C(=O)Nc1ncc(N)cc1Br. The maximum absolute atomic E-state index is 12.1. The fourth-order valence-corrected chi connectivity index (χ4v) is 1.91. The van der Waals surface area contributed by atoms with E-state index in [1.54, 1.807) is 24.4 Å². The van der Waals surface area contributed by atoms with Crippen LogP contribution in [0.4, 0.5) is 11.5 Å². The number of carbonyl (C=O) groups is 1. The summed E-state index contributed by atoms with van der Waals surface area (Å²) in [6, 6.07) is 4.93. The van der Waals surface area contributed by atoms with Gasteiger partial charge in [-0.05, 0) is 34.1 Å². The number of methoxy groups -OCH3 is 1. The number of ether oxygens (including phenoxy) is 1. The lowest BCUT2D eigenvalue weighted by molar-refractivity contribution is 0.102. The molecule has 0 bridgehead atoms. The van der Waals surface area contributed by atoms with E-state index in [2.05, 4.69) is 31.2 Å². The first-order valence-electron chi connectivity index (χ1n) is 5.33. The van der Waals surface area contributed by atoms with Crippen LogP contribution in [0.1, 0.15) is 10.4 Å². The van der Waals surface area contributed by atoms with Crippen LogP contribution >= 0.6 is 15.9 Å². The smallest absolute Gasteiger partial charge is 0.262 e. The van der Waals surface area contributed by atoms with Crippen LogP contribution in [0, 0.1) is 0 Å². The van der Waals surface area contributed by atoms with E-state index in [4.69, 9.17) is 10.5 Å². The highest BCUT2D eigenvalue weighted by molar-refractivity contribution is 9.10. The zero-order valence-corrected chi connectivity index (χ0v) is 11.6. The van der Waals surface area contributed by atoms with Crippen LogP contribution in [0.3, 0.4) is 0 Å². The molecule has 0 radical (unpaired) electrons. The van der Waals surface area contributed by atoms with Gasteiger partial charge in [0.25, 0.3) is 5.91 Å². The summed E-state index contributed by atoms with van der Waals surface area (Å²) >= 11 is 3.28. The first kappa shape index (κ1) is 13.3. The number of halogens is 1. The highest BCUT2D eigenvalue weighted by atomic mass is 79.9. The molecule has 3 N–H and O–H groups in total. The number of hydrogen-bond donors (Lipinski definition) is 2. The molecule has 2 aromatic heterocycles. The average molecular weight is 323 g/mol. The van der Waals surface area contributed by atoms with E-state index in [1.165, 1.54) is 13.3 Å². The topological polar surface area (TPSA) is 90.1 Å². The molecule has 0 aromatic carbocycles. The number of pyridine rings is 2. The summed E-state index contributed by atoms with van der Waals surface area (Å²) in [5.41, 5.74) is 6.41. The van der Waals surface area contributed by atoms with Gasteiger partial charge in [-0.1, -0.05) is 0 Å². The summed E-state index contributed by atoms with van der Waals surface area (Å²) in [6.07, 6.45) is 3.01. The van der Waals surface area contributed by atoms with E-state index < -0.39 is 0 Å². The number of amides is 1. The molecule has 2 aromatic rings. The number of rotatable bonds is 3. The van der Waals surface area contributed by atoms with Gasteiger partial charge < -0.3 is 15.8 Å². The lowest BCUT2D eigenvalue weighted by atomic mass is 10.2. The second-order valence-corrected chi connectivity index (χ2v) is 4.47. The van der Waals surface area contributed by atoms with Crippen molar-refractivity contribution in [3.63, 3.8) is 0 Å². The minimum Gasteiger partial charge on any atom is -0.480 e. The van der Waals surface area contributed by atoms with Crippen LogP contribution in [0.25, 0.3) is 0 Å². The van der Waals surface area contributed by atoms with Crippen LogP contribution in [0.15, 0.2) is 35.1 Å². The predicted molar refractivity (Wildman–Crippen MR) is 75.1 cm³/mol. The maximum Gasteiger partial charge on any atom is 0.262 e. The number of anilines is 2. The van der Waals surface area contributed by atoms with Crippen LogP contribution in [0.2, 0.25) is 0 Å². The molecule has 19 heavy (non-hydrogen) atoms. The predicted octanol–water partition coefficient (Wildman–Crippen LogP) is 2.08. The molecule has 0 aliphatic heterocycles. The van der Waals surface area contributed by atoms with Crippen LogP contribution < -0.4 is 15.8 Å². The van der Waals surface area contributed by atoms with Gasteiger partial charge >= 0.3 is 0 Å². The lowest BCUT2D eigenvalue weighted by Crippen LogP contribution is -2.15. The van der Waals surface area contributed by atoms with Crippen molar-refractivity contribution in [3.8, 4) is 5.88 Å². The van der Waals surface area contributed by atoms with Crippen molar-refractivity contribution >= 4 is 33.3 Å². The highest BCUT2D eigenvalue weighted by Gasteiger charge is 2.14. The van der Waals surface area contributed by atoms with Gasteiger partial charge in [-0.25, -0.2) is 9.97 Å². The zero-order valence-electron chi connectivity index (χ0n) is 10.1. The molecule has 2 heterocycles. The molecule has 98 valence electrons. The fraction of sp³-hybridized carbons (Fsp3) is 0.0833. The monoisotopic (exact) mass is 322 g/mol. The van der Waals surface area contributed by atoms with E-state index in [-0.39, 0.29) is 11.8 Å². The van der Waals surface area contributed by atoms with E-state index in [0.717, 1.165) is 0 Å². The third kappa shape index (κ3) is 3.00. The Morgan fingerprint density at radius 1 is 1.47 bits per heavy atom. The number of hydrogen-bond acceptors (Lipinski definition) is 5. The summed E-state index contributed by atoms with van der Waals surface area (Å²) in [7, 11) is 1.45. The van der Waals surface area contributed by atoms with E-state index >= 15 is 0 Å². The molecule has 0 spiro atoms. The molecule has 7 heteroatoms. The number of carbonyl (C=O) groups excluding carboxylic acids is 1. The summed E-state index contributed by atoms with van der Waals surface area (Å²) in [5.74, 6) is 0.277. The molecule has 1 amide bonds. The minimum absolute atomic E-state index is 0.256. The highest BCUT2D eigenvalue weighted by Crippen LogP contribution is 2.23. The third-order valence-corrected chi connectivity index (χ3v) is 2.91. The summed E-state index contributed by atoms with van der Waals surface area (Å²) in [6.45, 7) is 0. The van der Waals surface area contributed by atoms with Crippen molar-refractivity contribution in [3.05, 3.63) is 40.6 Å². The Hall–Kier alpha value is -2.15. The molecule has 0 saturated heterocycles. The normalized spacial score (nSPS) is 10.0. The van der Waals surface area contributed by atoms with Crippen LogP contribution in [-0.2, 0) is 0 Å². The number of nitrogen functional groups attached to an aromatic ring is 1. The van der Waals surface area contributed by atoms with Gasteiger partial charge in [0.2, 0.25) is 5.88 Å². The maximum atomic E-state index is 12.1. The van der Waals surface area contributed by atoms with Gasteiger partial charge in [-0.15, -0.1) is 0 Å². The molecule has 0 atom stereocenters. The zero-order chi connectivity index (χ0) is 13.8. The summed E-state index contributed by atoms with van der Waals surface area (Å²) < 4.78 is 5.63. The standard InChI is InChI=1S/C12H11BrN4O2/c1-19-12-8(3-2-4-15-12)11(18)17-10-9(13)5-7(14)6-16-10/h2-6H,14H2,1H3,(H,16,17,18). The molecule has 0 saturated carbocycles. The van der Waals surface area contributed by atoms with Gasteiger partial charge in [0.1, 0.15) is 11.4 Å². The van der Waals surface area contributed by atoms with Gasteiger partial charge in [0, 0.05) is 6.20 Å². The Bertz CT molecular complexity index is 618. The molecule has 0 unspecified atom stereocenters. The first-order chi connectivity index (χ1) is 9.11. The van der Waals surface area contributed by atoms with Crippen molar-refractivity contribution in [2.45, 2.75) is 0 Å². The number of nitrogens with one attached hydrogen (secondary N) is 1. The van der Waals surface area contributed by atoms with E-state index in [9.17, 15) is 4.79 Å². The number of aromatic nitrogens is 2. The lowest BCUT2D eigenvalue weighted by Gasteiger charge is -2.09. The largest absolute Gasteiger partial charge is 0.480 e. The Labute approximate surface area is 118 Å². The molecule has 0 fully saturated rings. The Kier molecular flexibility index (Phi) is 3.96. The quantitative estimate of drug-likeness (QED) is 0.902. The Balaban J connectivity index is 2.26. The number of nitrogens with two attached hydrogens (primary N) is 1. The second-order valence-electron chi connectivity index (χ2n) is 3.61. The van der Waals surface area contributed by atoms with Crippen molar-refractivity contribution in [2.75, 3.05) is 18.2 Å². The molecular formula is C12H11BrN4O2. The minimum atomic E-state index is -0.358. The van der Waals surface area contributed by atoms with Gasteiger partial charge in [-0.3, -0.25) is 4.79 Å².